The van der Waals surface area contributed by atoms with Crippen LogP contribution in [0.5, 0.6) is 0 Å². The monoisotopic (exact) mass is 233 g/mol. The molecule has 0 aliphatic rings. The molecule has 0 spiro atoms. The number of likely N-dealkylation sites (N-methyl/N-ethyl adjacent to an activating group) is 1. The zero-order chi connectivity index (χ0) is 10.6. The van der Waals surface area contributed by atoms with Crippen molar-refractivity contribution >= 4 is 23.2 Å². The van der Waals surface area contributed by atoms with Crippen LogP contribution in [0.15, 0.2) is 18.2 Å². The predicted molar refractivity (Wildman–Crippen MR) is 60.0 cm³/mol. The van der Waals surface area contributed by atoms with Crippen LogP contribution in [0.2, 0.25) is 10.0 Å². The number of aliphatic hydroxyl groups is 1. The molecule has 0 heterocycles. The highest BCUT2D eigenvalue weighted by Crippen LogP contribution is 2.23. The highest BCUT2D eigenvalue weighted by atomic mass is 35.5. The lowest BCUT2D eigenvalue weighted by Crippen LogP contribution is -2.23. The summed E-state index contributed by atoms with van der Waals surface area (Å²) in [5, 5.41) is 13.5. The van der Waals surface area contributed by atoms with Crippen LogP contribution in [0.3, 0.4) is 0 Å². The average molecular weight is 234 g/mol. The predicted octanol–water partition coefficient (Wildman–Crippen LogP) is 2.64. The maximum Gasteiger partial charge on any atom is 0.0626 e. The second-order valence-electron chi connectivity index (χ2n) is 3.00. The molecule has 2 nitrogen and oxygen atoms in total. The molecule has 1 atom stereocenters. The minimum absolute atomic E-state index is 0.0323. The smallest absolute Gasteiger partial charge is 0.0626 e. The molecule has 1 aromatic carbocycles. The van der Waals surface area contributed by atoms with Crippen molar-refractivity contribution in [2.45, 2.75) is 13.0 Å². The molecule has 4 heteroatoms. The molecule has 0 saturated carbocycles. The quantitative estimate of drug-likeness (QED) is 0.839. The summed E-state index contributed by atoms with van der Waals surface area (Å²) < 4.78 is 0. The molecule has 1 unspecified atom stereocenters. The maximum atomic E-state index is 9.14. The van der Waals surface area contributed by atoms with Gasteiger partial charge < -0.3 is 10.4 Å². The third-order valence-electron chi connectivity index (χ3n) is 1.92. The van der Waals surface area contributed by atoms with Crippen molar-refractivity contribution in [3.8, 4) is 0 Å². The number of rotatable bonds is 4. The van der Waals surface area contributed by atoms with Gasteiger partial charge in [-0.1, -0.05) is 30.1 Å². The summed E-state index contributed by atoms with van der Waals surface area (Å²) in [6.07, 6.45) is 0. The minimum Gasteiger partial charge on any atom is -0.394 e. The van der Waals surface area contributed by atoms with Crippen LogP contribution < -0.4 is 5.32 Å². The first-order valence-electron chi connectivity index (χ1n) is 4.47. The molecule has 0 fully saturated rings. The van der Waals surface area contributed by atoms with E-state index >= 15 is 0 Å². The Morgan fingerprint density at radius 2 is 1.86 bits per heavy atom. The van der Waals surface area contributed by atoms with Gasteiger partial charge in [-0.25, -0.2) is 0 Å². The summed E-state index contributed by atoms with van der Waals surface area (Å²) in [6.45, 7) is 2.80. The standard InChI is InChI=1S/C10H13Cl2NO/c1-2-13-10(6-14)7-3-8(11)5-9(12)4-7/h3-5,10,13-14H,2,6H2,1H3. The SMILES string of the molecule is CCNC(CO)c1cc(Cl)cc(Cl)c1. The van der Waals surface area contributed by atoms with Crippen molar-refractivity contribution in [2.75, 3.05) is 13.2 Å². The Morgan fingerprint density at radius 1 is 1.29 bits per heavy atom. The van der Waals surface area contributed by atoms with Crippen LogP contribution in [-0.4, -0.2) is 18.3 Å². The van der Waals surface area contributed by atoms with Crippen molar-refractivity contribution in [2.24, 2.45) is 0 Å². The van der Waals surface area contributed by atoms with Crippen LogP contribution in [0.4, 0.5) is 0 Å². The first kappa shape index (κ1) is 11.8. The Labute approximate surface area is 93.8 Å². The zero-order valence-electron chi connectivity index (χ0n) is 7.93. The Morgan fingerprint density at radius 3 is 2.29 bits per heavy atom. The van der Waals surface area contributed by atoms with E-state index < -0.39 is 0 Å². The van der Waals surface area contributed by atoms with Crippen molar-refractivity contribution in [3.05, 3.63) is 33.8 Å². The first-order chi connectivity index (χ1) is 6.67. The van der Waals surface area contributed by atoms with Crippen LogP contribution in [0.25, 0.3) is 0 Å². The van der Waals surface area contributed by atoms with Crippen molar-refractivity contribution in [1.29, 1.82) is 0 Å². The summed E-state index contributed by atoms with van der Waals surface area (Å²) >= 11 is 11.7. The van der Waals surface area contributed by atoms with Gasteiger partial charge in [-0.2, -0.15) is 0 Å². The fraction of sp³-hybridized carbons (Fsp3) is 0.400. The number of aliphatic hydroxyl groups excluding tert-OH is 1. The fourth-order valence-corrected chi connectivity index (χ4v) is 1.85. The lowest BCUT2D eigenvalue weighted by Gasteiger charge is -2.15. The topological polar surface area (TPSA) is 32.3 Å². The molecule has 0 radical (unpaired) electrons. The van der Waals surface area contributed by atoms with Crippen LogP contribution in [0.1, 0.15) is 18.5 Å². The molecular weight excluding hydrogens is 221 g/mol. The largest absolute Gasteiger partial charge is 0.394 e. The molecule has 0 amide bonds. The van der Waals surface area contributed by atoms with Crippen LogP contribution in [0, 0.1) is 0 Å². The van der Waals surface area contributed by atoms with Crippen molar-refractivity contribution < 1.29 is 5.11 Å². The molecule has 0 saturated heterocycles. The maximum absolute atomic E-state index is 9.14. The number of benzene rings is 1. The summed E-state index contributed by atoms with van der Waals surface area (Å²) in [4.78, 5) is 0. The van der Waals surface area contributed by atoms with Crippen LogP contribution >= 0.6 is 23.2 Å². The van der Waals surface area contributed by atoms with E-state index in [0.717, 1.165) is 12.1 Å². The lowest BCUT2D eigenvalue weighted by molar-refractivity contribution is 0.246. The van der Waals surface area contributed by atoms with E-state index in [1.165, 1.54) is 0 Å². The molecule has 0 aliphatic carbocycles. The number of nitrogens with one attached hydrogen (secondary N) is 1. The molecule has 0 aromatic heterocycles. The average Bonchev–Trinajstić information content (AvgIpc) is 2.12. The zero-order valence-corrected chi connectivity index (χ0v) is 9.44. The highest BCUT2D eigenvalue weighted by Gasteiger charge is 2.09. The van der Waals surface area contributed by atoms with Gasteiger partial charge in [-0.15, -0.1) is 0 Å². The normalized spacial score (nSPS) is 12.9. The van der Waals surface area contributed by atoms with E-state index in [4.69, 9.17) is 28.3 Å². The number of hydrogen-bond donors (Lipinski definition) is 2. The summed E-state index contributed by atoms with van der Waals surface area (Å²) in [5.74, 6) is 0. The first-order valence-corrected chi connectivity index (χ1v) is 5.23. The second-order valence-corrected chi connectivity index (χ2v) is 3.87. The molecule has 1 rings (SSSR count). The Bertz CT molecular complexity index is 284. The lowest BCUT2D eigenvalue weighted by atomic mass is 10.1. The molecular formula is C10H13Cl2NO. The Balaban J connectivity index is 2.91. The molecule has 0 bridgehead atoms. The van der Waals surface area contributed by atoms with Gasteiger partial charge in [-0.05, 0) is 30.3 Å². The molecule has 2 N–H and O–H groups in total. The third-order valence-corrected chi connectivity index (χ3v) is 2.36. The second kappa shape index (κ2) is 5.56. The van der Waals surface area contributed by atoms with Gasteiger partial charge >= 0.3 is 0 Å². The van der Waals surface area contributed by atoms with Gasteiger partial charge in [0.1, 0.15) is 0 Å². The van der Waals surface area contributed by atoms with E-state index in [1.807, 2.05) is 6.92 Å². The summed E-state index contributed by atoms with van der Waals surface area (Å²) in [5.41, 5.74) is 0.909. The van der Waals surface area contributed by atoms with Gasteiger partial charge in [-0.3, -0.25) is 0 Å². The third kappa shape index (κ3) is 3.14. The van der Waals surface area contributed by atoms with Crippen molar-refractivity contribution in [3.63, 3.8) is 0 Å². The van der Waals surface area contributed by atoms with Gasteiger partial charge in [0.15, 0.2) is 0 Å². The highest BCUT2D eigenvalue weighted by molar-refractivity contribution is 6.34. The Hall–Kier alpha value is -0.280. The van der Waals surface area contributed by atoms with Crippen molar-refractivity contribution in [1.82, 2.24) is 5.32 Å². The Kier molecular flexibility index (Phi) is 4.69. The summed E-state index contributed by atoms with van der Waals surface area (Å²) in [7, 11) is 0. The fourth-order valence-electron chi connectivity index (χ4n) is 1.31. The molecule has 1 aromatic rings. The summed E-state index contributed by atoms with van der Waals surface area (Å²) in [6, 6.07) is 5.18. The number of hydrogen-bond acceptors (Lipinski definition) is 2. The molecule has 78 valence electrons. The van der Waals surface area contributed by atoms with Gasteiger partial charge in [0.25, 0.3) is 0 Å². The van der Waals surface area contributed by atoms with E-state index in [1.54, 1.807) is 18.2 Å². The number of halogens is 2. The van der Waals surface area contributed by atoms with Gasteiger partial charge in [0.05, 0.1) is 12.6 Å². The molecule has 0 aliphatic heterocycles. The van der Waals surface area contributed by atoms with E-state index in [2.05, 4.69) is 5.32 Å². The van der Waals surface area contributed by atoms with E-state index in [9.17, 15) is 0 Å². The van der Waals surface area contributed by atoms with Gasteiger partial charge in [0, 0.05) is 10.0 Å². The van der Waals surface area contributed by atoms with Gasteiger partial charge in [0.2, 0.25) is 0 Å². The van der Waals surface area contributed by atoms with Crippen LogP contribution in [-0.2, 0) is 0 Å². The molecule has 14 heavy (non-hydrogen) atoms. The van der Waals surface area contributed by atoms with E-state index in [-0.39, 0.29) is 12.6 Å². The minimum atomic E-state index is -0.101. The van der Waals surface area contributed by atoms with E-state index in [0.29, 0.717) is 10.0 Å².